The van der Waals surface area contributed by atoms with Crippen LogP contribution in [-0.2, 0) is 0 Å². The molecular formula is C22H22N6O2S. The van der Waals surface area contributed by atoms with Crippen molar-refractivity contribution in [2.45, 2.75) is 36.8 Å². The van der Waals surface area contributed by atoms with Crippen LogP contribution >= 0.6 is 11.8 Å². The molecule has 3 aromatic rings. The van der Waals surface area contributed by atoms with Crippen molar-refractivity contribution in [1.82, 2.24) is 24.9 Å². The Morgan fingerprint density at radius 1 is 1.19 bits per heavy atom. The van der Waals surface area contributed by atoms with Crippen molar-refractivity contribution in [1.29, 1.82) is 5.26 Å². The fraction of sp³-hybridized carbons (Fsp3) is 0.318. The molecule has 9 heteroatoms. The lowest BCUT2D eigenvalue weighted by Gasteiger charge is -2.38. The fourth-order valence-corrected chi connectivity index (χ4v) is 4.26. The number of carbonyl (C=O) groups excluding carboxylic acids is 1. The molecule has 1 saturated heterocycles. The minimum absolute atomic E-state index is 0.0620. The van der Waals surface area contributed by atoms with Gasteiger partial charge in [0, 0.05) is 17.1 Å². The number of hydrogen-bond acceptors (Lipinski definition) is 7. The Balaban J connectivity index is 1.57. The normalized spacial score (nSPS) is 18.4. The maximum absolute atomic E-state index is 13.5. The van der Waals surface area contributed by atoms with Gasteiger partial charge in [0.15, 0.2) is 0 Å². The van der Waals surface area contributed by atoms with Gasteiger partial charge in [0.05, 0.1) is 30.2 Å². The van der Waals surface area contributed by atoms with Crippen LogP contribution in [0.3, 0.4) is 0 Å². The summed E-state index contributed by atoms with van der Waals surface area (Å²) in [7, 11) is 0. The maximum Gasteiger partial charge on any atom is 0.256 e. The smallest absolute Gasteiger partial charge is 0.256 e. The van der Waals surface area contributed by atoms with Gasteiger partial charge in [0.25, 0.3) is 5.91 Å². The number of carbonyl (C=O) groups is 1. The predicted molar refractivity (Wildman–Crippen MR) is 116 cm³/mol. The minimum atomic E-state index is -0.244. The number of nitriles is 1. The first kappa shape index (κ1) is 20.9. The van der Waals surface area contributed by atoms with Crippen LogP contribution in [0.5, 0.6) is 5.88 Å². The summed E-state index contributed by atoms with van der Waals surface area (Å²) in [6, 6.07) is 11.4. The number of hydrogen-bond donors (Lipinski definition) is 0. The first-order valence-electron chi connectivity index (χ1n) is 9.98. The van der Waals surface area contributed by atoms with E-state index in [9.17, 15) is 10.1 Å². The van der Waals surface area contributed by atoms with Gasteiger partial charge in [0.1, 0.15) is 17.7 Å². The molecule has 1 amide bonds. The number of rotatable bonds is 5. The second-order valence-electron chi connectivity index (χ2n) is 7.26. The Kier molecular flexibility index (Phi) is 6.18. The zero-order chi connectivity index (χ0) is 21.8. The van der Waals surface area contributed by atoms with Gasteiger partial charge in [-0.1, -0.05) is 12.1 Å². The summed E-state index contributed by atoms with van der Waals surface area (Å²) >= 11 is 1.48. The molecule has 1 fully saturated rings. The molecule has 0 saturated carbocycles. The predicted octanol–water partition coefficient (Wildman–Crippen LogP) is 3.33. The van der Waals surface area contributed by atoms with Crippen molar-refractivity contribution in [2.75, 3.05) is 12.8 Å². The molecule has 3 heterocycles. The lowest BCUT2D eigenvalue weighted by Crippen LogP contribution is -2.49. The number of thioether (sulfide) groups is 1. The number of piperidine rings is 1. The third-order valence-corrected chi connectivity index (χ3v) is 6.14. The van der Waals surface area contributed by atoms with E-state index < -0.39 is 0 Å². The van der Waals surface area contributed by atoms with Gasteiger partial charge in [-0.05, 0) is 44.2 Å². The summed E-state index contributed by atoms with van der Waals surface area (Å²) in [5, 5.41) is 17.9. The standard InChI is InChI=1S/C22H22N6O2S/c1-15-7-8-16(30-21-18(13-23)20(31-2)9-10-24-21)14-27(15)22(29)17-5-3-4-6-19(17)28-25-11-12-26-28/h3-6,9-12,15-16H,7-8,14H2,1-2H3/t15-,16-/m1/s1. The molecule has 0 bridgehead atoms. The summed E-state index contributed by atoms with van der Waals surface area (Å²) in [4.78, 5) is 21.8. The molecule has 1 aromatic carbocycles. The molecule has 31 heavy (non-hydrogen) atoms. The number of ether oxygens (including phenoxy) is 1. The largest absolute Gasteiger partial charge is 0.471 e. The zero-order valence-electron chi connectivity index (χ0n) is 17.3. The van der Waals surface area contributed by atoms with Crippen molar-refractivity contribution < 1.29 is 9.53 Å². The van der Waals surface area contributed by atoms with E-state index in [0.717, 1.165) is 17.7 Å². The second-order valence-corrected chi connectivity index (χ2v) is 8.11. The molecule has 1 aliphatic heterocycles. The van der Waals surface area contributed by atoms with Gasteiger partial charge in [-0.25, -0.2) is 4.98 Å². The molecule has 0 radical (unpaired) electrons. The quantitative estimate of drug-likeness (QED) is 0.568. The fourth-order valence-electron chi connectivity index (χ4n) is 3.72. The van der Waals surface area contributed by atoms with E-state index in [2.05, 4.69) is 21.3 Å². The third kappa shape index (κ3) is 4.25. The van der Waals surface area contributed by atoms with E-state index in [0.29, 0.717) is 29.2 Å². The van der Waals surface area contributed by atoms with E-state index in [4.69, 9.17) is 4.74 Å². The molecule has 0 aliphatic carbocycles. The first-order chi connectivity index (χ1) is 15.1. The Morgan fingerprint density at radius 2 is 1.97 bits per heavy atom. The second kappa shape index (κ2) is 9.18. The highest BCUT2D eigenvalue weighted by molar-refractivity contribution is 7.98. The van der Waals surface area contributed by atoms with E-state index >= 15 is 0 Å². The van der Waals surface area contributed by atoms with Crippen LogP contribution in [-0.4, -0.2) is 55.7 Å². The molecular weight excluding hydrogens is 412 g/mol. The van der Waals surface area contributed by atoms with Crippen LogP contribution in [0.25, 0.3) is 5.69 Å². The molecule has 0 unspecified atom stereocenters. The van der Waals surface area contributed by atoms with Crippen LogP contribution in [0.2, 0.25) is 0 Å². The highest BCUT2D eigenvalue weighted by Gasteiger charge is 2.32. The summed E-state index contributed by atoms with van der Waals surface area (Å²) in [5.41, 5.74) is 1.60. The Hall–Kier alpha value is -3.38. The Labute approximate surface area is 184 Å². The highest BCUT2D eigenvalue weighted by Crippen LogP contribution is 2.29. The summed E-state index contributed by atoms with van der Waals surface area (Å²) in [6.07, 6.45) is 8.05. The summed E-state index contributed by atoms with van der Waals surface area (Å²) < 4.78 is 6.12. The molecule has 8 nitrogen and oxygen atoms in total. The third-order valence-electron chi connectivity index (χ3n) is 5.36. The average molecular weight is 435 g/mol. The molecule has 2 aromatic heterocycles. The number of likely N-dealkylation sites (tertiary alicyclic amines) is 1. The van der Waals surface area contributed by atoms with Crippen LogP contribution in [0.15, 0.2) is 53.8 Å². The SMILES string of the molecule is CSc1ccnc(O[C@@H]2CC[C@@H](C)N(C(=O)c3ccccc3-n3nccn3)C2)c1C#N. The molecule has 0 spiro atoms. The monoisotopic (exact) mass is 434 g/mol. The summed E-state index contributed by atoms with van der Waals surface area (Å²) in [6.45, 7) is 2.45. The van der Waals surface area contributed by atoms with Crippen LogP contribution < -0.4 is 4.74 Å². The molecule has 1 aliphatic rings. The lowest BCUT2D eigenvalue weighted by molar-refractivity contribution is 0.0371. The van der Waals surface area contributed by atoms with Gasteiger partial charge in [-0.3, -0.25) is 4.79 Å². The summed E-state index contributed by atoms with van der Waals surface area (Å²) in [5.74, 6) is 0.225. The van der Waals surface area contributed by atoms with Crippen LogP contribution in [0.4, 0.5) is 0 Å². The number of pyridine rings is 1. The molecule has 4 rings (SSSR count). The van der Waals surface area contributed by atoms with Gasteiger partial charge in [-0.2, -0.15) is 20.3 Å². The number of nitrogens with zero attached hydrogens (tertiary/aromatic N) is 6. The minimum Gasteiger partial charge on any atom is -0.471 e. The Bertz CT molecular complexity index is 1110. The molecule has 0 N–H and O–H groups in total. The Morgan fingerprint density at radius 3 is 2.71 bits per heavy atom. The van der Waals surface area contributed by atoms with E-state index in [1.807, 2.05) is 36.3 Å². The first-order valence-corrected chi connectivity index (χ1v) is 11.2. The van der Waals surface area contributed by atoms with Crippen molar-refractivity contribution >= 4 is 17.7 Å². The van der Waals surface area contributed by atoms with Crippen molar-refractivity contribution in [3.63, 3.8) is 0 Å². The van der Waals surface area contributed by atoms with Crippen LogP contribution in [0, 0.1) is 11.3 Å². The van der Waals surface area contributed by atoms with Gasteiger partial charge >= 0.3 is 0 Å². The zero-order valence-corrected chi connectivity index (χ0v) is 18.1. The van der Waals surface area contributed by atoms with Gasteiger partial charge in [0.2, 0.25) is 5.88 Å². The van der Waals surface area contributed by atoms with E-state index in [1.165, 1.54) is 16.6 Å². The number of para-hydroxylation sites is 1. The highest BCUT2D eigenvalue weighted by atomic mass is 32.2. The van der Waals surface area contributed by atoms with Crippen molar-refractivity contribution in [2.24, 2.45) is 0 Å². The maximum atomic E-state index is 13.5. The van der Waals surface area contributed by atoms with Gasteiger partial charge < -0.3 is 9.64 Å². The van der Waals surface area contributed by atoms with Crippen molar-refractivity contribution in [3.8, 4) is 17.6 Å². The molecule has 2 atom stereocenters. The topological polar surface area (TPSA) is 96.9 Å². The van der Waals surface area contributed by atoms with Crippen LogP contribution in [0.1, 0.15) is 35.7 Å². The van der Waals surface area contributed by atoms with Gasteiger partial charge in [-0.15, -0.1) is 11.8 Å². The number of benzene rings is 1. The molecule has 158 valence electrons. The number of amides is 1. The average Bonchev–Trinajstić information content (AvgIpc) is 3.34. The lowest BCUT2D eigenvalue weighted by atomic mass is 9.99. The number of aromatic nitrogens is 4. The van der Waals surface area contributed by atoms with E-state index in [-0.39, 0.29) is 18.1 Å². The van der Waals surface area contributed by atoms with Crippen molar-refractivity contribution in [3.05, 3.63) is 60.0 Å². The van der Waals surface area contributed by atoms with E-state index in [1.54, 1.807) is 30.7 Å².